The minimum Gasteiger partial charge on any atom is -0.383 e. The third-order valence-corrected chi connectivity index (χ3v) is 3.06. The predicted octanol–water partition coefficient (Wildman–Crippen LogP) is 2.42. The largest absolute Gasteiger partial charge is 0.383 e. The third-order valence-electron chi connectivity index (χ3n) is 3.06. The molecule has 0 aromatic carbocycles. The highest BCUT2D eigenvalue weighted by atomic mass is 15.2. The molecule has 4 nitrogen and oxygen atoms in total. The van der Waals surface area contributed by atoms with Crippen LogP contribution in [0.2, 0.25) is 0 Å². The molecule has 1 atom stereocenters. The summed E-state index contributed by atoms with van der Waals surface area (Å²) in [5, 5.41) is 0. The van der Waals surface area contributed by atoms with Gasteiger partial charge in [0.25, 0.3) is 0 Å². The number of rotatable bonds is 4. The normalized spacial score (nSPS) is 12.9. The summed E-state index contributed by atoms with van der Waals surface area (Å²) in [6.45, 7) is 8.58. The number of nitrogens with two attached hydrogens (primary N) is 1. The second-order valence-electron chi connectivity index (χ2n) is 4.52. The van der Waals surface area contributed by atoms with Gasteiger partial charge in [-0.15, -0.1) is 0 Å². The molecule has 0 fully saturated rings. The SMILES string of the molecule is CCC(C)N(C)c1ncnc(N)c1C(C)C. The number of nitrogens with zero attached hydrogens (tertiary/aromatic N) is 3. The maximum absolute atomic E-state index is 5.92. The fraction of sp³-hybridized carbons (Fsp3) is 0.667. The molecule has 0 saturated heterocycles. The molecule has 2 N–H and O–H groups in total. The van der Waals surface area contributed by atoms with Crippen molar-refractivity contribution in [1.82, 2.24) is 9.97 Å². The fourth-order valence-corrected chi connectivity index (χ4v) is 1.72. The van der Waals surface area contributed by atoms with Crippen molar-refractivity contribution in [2.24, 2.45) is 0 Å². The van der Waals surface area contributed by atoms with E-state index in [1.165, 1.54) is 6.33 Å². The van der Waals surface area contributed by atoms with Crippen molar-refractivity contribution in [2.75, 3.05) is 17.7 Å². The summed E-state index contributed by atoms with van der Waals surface area (Å²) in [5.41, 5.74) is 6.97. The Labute approximate surface area is 97.9 Å². The summed E-state index contributed by atoms with van der Waals surface area (Å²) in [7, 11) is 2.06. The van der Waals surface area contributed by atoms with Gasteiger partial charge in [0.2, 0.25) is 0 Å². The van der Waals surface area contributed by atoms with Gasteiger partial charge < -0.3 is 10.6 Å². The molecule has 1 rings (SSSR count). The van der Waals surface area contributed by atoms with E-state index in [0.29, 0.717) is 17.8 Å². The molecule has 0 bridgehead atoms. The van der Waals surface area contributed by atoms with Gasteiger partial charge in [0, 0.05) is 18.7 Å². The monoisotopic (exact) mass is 222 g/mol. The molecule has 90 valence electrons. The van der Waals surface area contributed by atoms with Crippen LogP contribution >= 0.6 is 0 Å². The van der Waals surface area contributed by atoms with E-state index in [4.69, 9.17) is 5.73 Å². The lowest BCUT2D eigenvalue weighted by atomic mass is 10.0. The molecule has 0 radical (unpaired) electrons. The topological polar surface area (TPSA) is 55.0 Å². The minimum atomic E-state index is 0.336. The lowest BCUT2D eigenvalue weighted by Gasteiger charge is -2.28. The molecular weight excluding hydrogens is 200 g/mol. The van der Waals surface area contributed by atoms with Gasteiger partial charge >= 0.3 is 0 Å². The average molecular weight is 222 g/mol. The highest BCUT2D eigenvalue weighted by molar-refractivity contribution is 5.58. The first kappa shape index (κ1) is 12.7. The van der Waals surface area contributed by atoms with Crippen molar-refractivity contribution in [3.63, 3.8) is 0 Å². The predicted molar refractivity (Wildman–Crippen MR) is 68.7 cm³/mol. The summed E-state index contributed by atoms with van der Waals surface area (Å²) < 4.78 is 0. The van der Waals surface area contributed by atoms with Crippen molar-refractivity contribution < 1.29 is 0 Å². The van der Waals surface area contributed by atoms with E-state index in [1.807, 2.05) is 0 Å². The zero-order chi connectivity index (χ0) is 12.3. The zero-order valence-corrected chi connectivity index (χ0v) is 10.9. The summed E-state index contributed by atoms with van der Waals surface area (Å²) in [5.74, 6) is 1.88. The van der Waals surface area contributed by atoms with Crippen LogP contribution in [0.3, 0.4) is 0 Å². The molecule has 1 unspecified atom stereocenters. The molecule has 0 aliphatic heterocycles. The van der Waals surface area contributed by atoms with Crippen LogP contribution < -0.4 is 10.6 Å². The van der Waals surface area contributed by atoms with Gasteiger partial charge in [-0.1, -0.05) is 20.8 Å². The number of nitrogen functional groups attached to an aromatic ring is 1. The maximum Gasteiger partial charge on any atom is 0.137 e. The molecule has 0 amide bonds. The Kier molecular flexibility index (Phi) is 4.10. The van der Waals surface area contributed by atoms with Crippen LogP contribution in [0.25, 0.3) is 0 Å². The standard InChI is InChI=1S/C12H22N4/c1-6-9(4)16(5)12-10(8(2)3)11(13)14-7-15-12/h7-9H,6H2,1-5H3,(H2,13,14,15). The second kappa shape index (κ2) is 5.14. The first-order chi connectivity index (χ1) is 7.49. The molecule has 4 heteroatoms. The van der Waals surface area contributed by atoms with Crippen molar-refractivity contribution in [3.05, 3.63) is 11.9 Å². The summed E-state index contributed by atoms with van der Waals surface area (Å²) >= 11 is 0. The molecule has 0 aliphatic rings. The van der Waals surface area contributed by atoms with Crippen molar-refractivity contribution in [3.8, 4) is 0 Å². The van der Waals surface area contributed by atoms with Gasteiger partial charge in [-0.3, -0.25) is 0 Å². The highest BCUT2D eigenvalue weighted by Gasteiger charge is 2.18. The molecule has 0 spiro atoms. The Balaban J connectivity index is 3.17. The van der Waals surface area contributed by atoms with Crippen LogP contribution in [0.5, 0.6) is 0 Å². The number of anilines is 2. The highest BCUT2D eigenvalue weighted by Crippen LogP contribution is 2.29. The minimum absolute atomic E-state index is 0.336. The molecule has 1 heterocycles. The Hall–Kier alpha value is -1.32. The first-order valence-corrected chi connectivity index (χ1v) is 5.82. The van der Waals surface area contributed by atoms with E-state index < -0.39 is 0 Å². The first-order valence-electron chi connectivity index (χ1n) is 5.82. The molecule has 0 saturated carbocycles. The van der Waals surface area contributed by atoms with Crippen LogP contribution in [0.1, 0.15) is 45.6 Å². The van der Waals surface area contributed by atoms with Crippen LogP contribution in [-0.2, 0) is 0 Å². The van der Waals surface area contributed by atoms with E-state index in [2.05, 4.69) is 49.6 Å². The van der Waals surface area contributed by atoms with E-state index in [-0.39, 0.29) is 0 Å². The maximum atomic E-state index is 5.92. The van der Waals surface area contributed by atoms with Crippen LogP contribution in [0.4, 0.5) is 11.6 Å². The number of hydrogen-bond acceptors (Lipinski definition) is 4. The van der Waals surface area contributed by atoms with E-state index >= 15 is 0 Å². The van der Waals surface area contributed by atoms with E-state index in [1.54, 1.807) is 0 Å². The Morgan fingerprint density at radius 1 is 1.31 bits per heavy atom. The fourth-order valence-electron chi connectivity index (χ4n) is 1.72. The van der Waals surface area contributed by atoms with Gasteiger partial charge in [0.05, 0.1) is 0 Å². The van der Waals surface area contributed by atoms with Gasteiger partial charge in [0.15, 0.2) is 0 Å². The van der Waals surface area contributed by atoms with Crippen molar-refractivity contribution in [2.45, 2.75) is 46.1 Å². The van der Waals surface area contributed by atoms with Crippen LogP contribution in [0.15, 0.2) is 6.33 Å². The average Bonchev–Trinajstić information content (AvgIpc) is 2.26. The van der Waals surface area contributed by atoms with Crippen molar-refractivity contribution >= 4 is 11.6 Å². The lowest BCUT2D eigenvalue weighted by Crippen LogP contribution is -2.30. The Morgan fingerprint density at radius 3 is 2.44 bits per heavy atom. The zero-order valence-electron chi connectivity index (χ0n) is 10.9. The molecule has 0 aliphatic carbocycles. The molecular formula is C12H22N4. The van der Waals surface area contributed by atoms with E-state index in [0.717, 1.165) is 17.8 Å². The number of hydrogen-bond donors (Lipinski definition) is 1. The Morgan fingerprint density at radius 2 is 1.94 bits per heavy atom. The Bertz CT molecular complexity index is 349. The summed E-state index contributed by atoms with van der Waals surface area (Å²) in [4.78, 5) is 10.6. The van der Waals surface area contributed by atoms with Gasteiger partial charge in [-0.05, 0) is 19.3 Å². The second-order valence-corrected chi connectivity index (χ2v) is 4.52. The smallest absolute Gasteiger partial charge is 0.137 e. The number of aromatic nitrogens is 2. The summed E-state index contributed by atoms with van der Waals surface area (Å²) in [6, 6.07) is 0.451. The van der Waals surface area contributed by atoms with Crippen LogP contribution in [-0.4, -0.2) is 23.1 Å². The van der Waals surface area contributed by atoms with Gasteiger partial charge in [0.1, 0.15) is 18.0 Å². The molecule has 16 heavy (non-hydrogen) atoms. The van der Waals surface area contributed by atoms with Gasteiger partial charge in [-0.2, -0.15) is 0 Å². The van der Waals surface area contributed by atoms with Crippen molar-refractivity contribution in [1.29, 1.82) is 0 Å². The van der Waals surface area contributed by atoms with E-state index in [9.17, 15) is 0 Å². The third kappa shape index (κ3) is 2.43. The quantitative estimate of drug-likeness (QED) is 0.850. The van der Waals surface area contributed by atoms with Gasteiger partial charge in [-0.25, -0.2) is 9.97 Å². The molecule has 1 aromatic rings. The summed E-state index contributed by atoms with van der Waals surface area (Å²) in [6.07, 6.45) is 2.62. The molecule has 1 aromatic heterocycles. The van der Waals surface area contributed by atoms with Crippen LogP contribution in [0, 0.1) is 0 Å². The lowest BCUT2D eigenvalue weighted by molar-refractivity contribution is 0.649.